The average molecular weight is 897 g/mol. The second kappa shape index (κ2) is 15.6. The van der Waals surface area contributed by atoms with E-state index in [0.29, 0.717) is 33.5 Å². The molecule has 61 heavy (non-hydrogen) atoms. The number of nitrogens with zero attached hydrogens (tertiary/aromatic N) is 4. The molecule has 3 heterocycles. The van der Waals surface area contributed by atoms with Crippen LogP contribution in [0.3, 0.4) is 0 Å². The number of hydrogen-bond acceptors (Lipinski definition) is 10. The average Bonchev–Trinajstić information content (AvgIpc) is 3.61. The number of anilines is 2. The van der Waals surface area contributed by atoms with E-state index in [0.717, 1.165) is 21.1 Å². The summed E-state index contributed by atoms with van der Waals surface area (Å²) in [5.41, 5.74) is 1.84. The van der Waals surface area contributed by atoms with Crippen LogP contribution < -0.4 is 19.9 Å². The van der Waals surface area contributed by atoms with Crippen molar-refractivity contribution in [3.05, 3.63) is 122 Å². The van der Waals surface area contributed by atoms with Crippen molar-refractivity contribution in [3.8, 4) is 17.2 Å². The predicted molar refractivity (Wildman–Crippen MR) is 220 cm³/mol. The number of imide groups is 2. The quantitative estimate of drug-likeness (QED) is 0.124. The molecule has 4 aliphatic rings. The third-order valence-corrected chi connectivity index (χ3v) is 12.9. The van der Waals surface area contributed by atoms with E-state index in [1.165, 1.54) is 45.5 Å². The van der Waals surface area contributed by atoms with Crippen molar-refractivity contribution in [1.29, 1.82) is 0 Å². The Kier molecular flexibility index (Phi) is 10.7. The zero-order valence-electron chi connectivity index (χ0n) is 32.4. The van der Waals surface area contributed by atoms with Gasteiger partial charge in [-0.15, -0.1) is 0 Å². The Hall–Kier alpha value is -5.77. The number of hydrogen-bond donors (Lipinski definition) is 2. The monoisotopic (exact) mass is 895 g/mol. The van der Waals surface area contributed by atoms with Crippen molar-refractivity contribution >= 4 is 76.0 Å². The minimum atomic E-state index is -4.84. The summed E-state index contributed by atoms with van der Waals surface area (Å²) >= 11 is 19.0. The summed E-state index contributed by atoms with van der Waals surface area (Å²) in [4.78, 5) is 63.0. The second-order valence-corrected chi connectivity index (χ2v) is 16.3. The van der Waals surface area contributed by atoms with Gasteiger partial charge in [-0.3, -0.25) is 29.6 Å². The van der Waals surface area contributed by atoms with Crippen LogP contribution in [0.25, 0.3) is 6.08 Å². The smallest absolute Gasteiger partial charge is 0.433 e. The molecule has 6 unspecified atom stereocenters. The molecule has 8 rings (SSSR count). The van der Waals surface area contributed by atoms with Gasteiger partial charge in [0.15, 0.2) is 17.3 Å². The fraction of sp³-hybridized carbons (Fsp3) is 0.279. The number of phenols is 1. The van der Waals surface area contributed by atoms with E-state index in [1.54, 1.807) is 48.6 Å². The van der Waals surface area contributed by atoms with Gasteiger partial charge in [-0.1, -0.05) is 76.8 Å². The fourth-order valence-corrected chi connectivity index (χ4v) is 9.96. The first-order valence-electron chi connectivity index (χ1n) is 18.9. The van der Waals surface area contributed by atoms with Crippen molar-refractivity contribution in [1.82, 2.24) is 15.0 Å². The number of aromatic hydroxyl groups is 1. The molecule has 18 heteroatoms. The lowest BCUT2D eigenvalue weighted by Gasteiger charge is -2.49. The first kappa shape index (κ1) is 41.9. The minimum Gasteiger partial charge on any atom is -0.504 e. The number of rotatable bonds is 9. The Morgan fingerprint density at radius 2 is 1.64 bits per heavy atom. The normalized spacial score (nSPS) is 24.7. The number of halogens is 6. The van der Waals surface area contributed by atoms with Crippen molar-refractivity contribution < 1.29 is 46.9 Å². The number of fused-ring (bicyclic) bond motifs is 4. The highest BCUT2D eigenvalue weighted by atomic mass is 35.5. The Bertz CT molecular complexity index is 2560. The third-order valence-electron chi connectivity index (χ3n) is 12.0. The summed E-state index contributed by atoms with van der Waals surface area (Å²) in [6.07, 6.45) is 0.409. The molecule has 0 spiro atoms. The molecular weight excluding hydrogens is 862 g/mol. The van der Waals surface area contributed by atoms with Crippen molar-refractivity contribution in [2.24, 2.45) is 29.6 Å². The molecule has 3 aromatic carbocycles. The minimum absolute atomic E-state index is 0.0282. The number of carbonyl (C=O) groups is 4. The molecule has 3 fully saturated rings. The topological polar surface area (TPSA) is 142 Å². The Balaban J connectivity index is 1.28. The van der Waals surface area contributed by atoms with E-state index in [1.807, 2.05) is 6.08 Å². The molecule has 6 atom stereocenters. The van der Waals surface area contributed by atoms with Gasteiger partial charge < -0.3 is 14.6 Å². The molecular formula is C43H35Cl3F3N5O7. The molecule has 316 valence electrons. The van der Waals surface area contributed by atoms with Crippen LogP contribution in [0.4, 0.5) is 24.7 Å². The molecule has 2 N–H and O–H groups in total. The number of allylic oxidation sites excluding steroid dienone is 3. The van der Waals surface area contributed by atoms with Crippen molar-refractivity contribution in [2.75, 3.05) is 31.7 Å². The van der Waals surface area contributed by atoms with Gasteiger partial charge in [-0.2, -0.15) is 23.2 Å². The predicted octanol–water partition coefficient (Wildman–Crippen LogP) is 8.37. The molecule has 1 aromatic heterocycles. The van der Waals surface area contributed by atoms with E-state index in [9.17, 15) is 32.7 Å². The van der Waals surface area contributed by atoms with Gasteiger partial charge in [0, 0.05) is 18.0 Å². The number of amides is 4. The number of nitrogens with one attached hydrogen (secondary N) is 1. The summed E-state index contributed by atoms with van der Waals surface area (Å²) in [6.45, 7) is 0. The van der Waals surface area contributed by atoms with Gasteiger partial charge in [-0.05, 0) is 84.5 Å². The summed E-state index contributed by atoms with van der Waals surface area (Å²) in [5.74, 6) is -7.53. The third kappa shape index (κ3) is 6.82. The number of hydrazine groups is 2. The first-order valence-corrected chi connectivity index (χ1v) is 20.0. The first-order chi connectivity index (χ1) is 29.0. The highest BCUT2D eigenvalue weighted by Crippen LogP contribution is 2.62. The van der Waals surface area contributed by atoms with Gasteiger partial charge in [0.1, 0.15) is 11.4 Å². The molecule has 0 radical (unpaired) electrons. The van der Waals surface area contributed by atoms with Gasteiger partial charge in [0.2, 0.25) is 0 Å². The van der Waals surface area contributed by atoms with E-state index >= 15 is 4.79 Å². The summed E-state index contributed by atoms with van der Waals surface area (Å²) in [5, 5.41) is 13.2. The number of pyridine rings is 1. The summed E-state index contributed by atoms with van der Waals surface area (Å²) < 4.78 is 52.0. The number of ether oxygens (including phenoxy) is 2. The van der Waals surface area contributed by atoms with Crippen molar-refractivity contribution in [2.45, 2.75) is 24.4 Å². The maximum Gasteiger partial charge on any atom is 0.433 e. The number of phenolic OH excluding ortho intramolecular Hbond substituents is 1. The van der Waals surface area contributed by atoms with Crippen LogP contribution in [-0.4, -0.2) is 65.0 Å². The van der Waals surface area contributed by atoms with Gasteiger partial charge in [-0.25, -0.2) is 4.98 Å². The van der Waals surface area contributed by atoms with E-state index in [4.69, 9.17) is 44.3 Å². The maximum atomic E-state index is 15.4. The maximum absolute atomic E-state index is 15.4. The standard InChI is InChI=1S/C43H35Cl3F3N5O7/c1-52(37-30(45)14-17-35(50-37)43(47,48)49)54-38(56)26-12-11-25-27(36(26)40(54)58)20-29-39(57)53(51-32-15-8-23(44)19-31(32)46)41(59)42(29,22-6-9-24(60-2)10-7-22)28(25)13-4-21-5-16-33(55)34(18-21)61-3/h4-11,13-19,26-29,36,51,55H,12,20H2,1-3H3. The van der Waals surface area contributed by atoms with Crippen LogP contribution >= 0.6 is 34.8 Å². The highest BCUT2D eigenvalue weighted by molar-refractivity contribution is 6.36. The van der Waals surface area contributed by atoms with Crippen LogP contribution in [0.15, 0.2) is 90.5 Å². The number of aromatic nitrogens is 1. The largest absolute Gasteiger partial charge is 0.504 e. The van der Waals surface area contributed by atoms with Crippen LogP contribution in [0.2, 0.25) is 15.1 Å². The van der Waals surface area contributed by atoms with E-state index in [2.05, 4.69) is 10.4 Å². The Morgan fingerprint density at radius 3 is 2.31 bits per heavy atom. The summed E-state index contributed by atoms with van der Waals surface area (Å²) in [7, 11) is 4.12. The number of methoxy groups -OCH3 is 2. The molecule has 2 aliphatic carbocycles. The molecule has 0 bridgehead atoms. The highest BCUT2D eigenvalue weighted by Gasteiger charge is 2.70. The van der Waals surface area contributed by atoms with Gasteiger partial charge in [0.05, 0.1) is 53.1 Å². The Labute approximate surface area is 362 Å². The molecule has 2 saturated heterocycles. The zero-order valence-corrected chi connectivity index (χ0v) is 34.7. The molecule has 2 aliphatic heterocycles. The lowest BCUT2D eigenvalue weighted by Crippen LogP contribution is -2.54. The van der Waals surface area contributed by atoms with Crippen LogP contribution in [0, 0.1) is 29.6 Å². The fourth-order valence-electron chi connectivity index (χ4n) is 9.28. The summed E-state index contributed by atoms with van der Waals surface area (Å²) in [6, 6.07) is 17.6. The van der Waals surface area contributed by atoms with Crippen LogP contribution in [0.1, 0.15) is 29.7 Å². The Morgan fingerprint density at radius 1 is 0.902 bits per heavy atom. The molecule has 1 saturated carbocycles. The van der Waals surface area contributed by atoms with Gasteiger partial charge >= 0.3 is 6.18 Å². The number of alkyl halides is 3. The number of carbonyl (C=O) groups excluding carboxylic acids is 4. The molecule has 4 amide bonds. The van der Waals surface area contributed by atoms with E-state index in [-0.39, 0.29) is 40.1 Å². The van der Waals surface area contributed by atoms with Crippen LogP contribution in [-0.2, 0) is 30.8 Å². The SMILES string of the molecule is COc1ccc(C23C(=O)N(Nc4ccc(Cl)cc4Cl)C(=O)C2CC2C(=CCC4C(=O)N(N(C)c5nc(C(F)(F)F)ccc5Cl)C(=O)C42)C3C=Cc2ccc(O)c(OC)c2)cc1. The van der Waals surface area contributed by atoms with E-state index < -0.39 is 76.3 Å². The van der Waals surface area contributed by atoms with Crippen LogP contribution in [0.5, 0.6) is 17.2 Å². The number of benzene rings is 3. The lowest BCUT2D eigenvalue weighted by molar-refractivity contribution is -0.142. The lowest BCUT2D eigenvalue weighted by atomic mass is 9.50. The van der Waals surface area contributed by atoms with Crippen molar-refractivity contribution in [3.63, 3.8) is 0 Å². The molecule has 4 aromatic rings. The zero-order chi connectivity index (χ0) is 43.7. The van der Waals surface area contributed by atoms with Gasteiger partial charge in [0.25, 0.3) is 23.6 Å². The molecule has 12 nitrogen and oxygen atoms in total. The second-order valence-electron chi connectivity index (χ2n) is 15.1.